The standard InChI is InChI=1S/C23H28BN3O2/c24-20-13-16(7-10-22(20)27-11-2-1-3-12-27)15-25-23(29)26-21-6-4-5-17-8-9-18(28)14-19(17)21/h4-7,10,13,18,28H,1-3,8-9,11-12,14-15H2,(H2,25,26,29). The van der Waals surface area contributed by atoms with Crippen molar-refractivity contribution in [2.24, 2.45) is 0 Å². The van der Waals surface area contributed by atoms with E-state index in [0.29, 0.717) is 13.0 Å². The SMILES string of the molecule is [B]c1cc(CNC(=O)Nc2cccc3c2CC(O)CC3)ccc1N1CCCCC1. The quantitative estimate of drug-likeness (QED) is 0.705. The molecule has 0 aromatic heterocycles. The minimum atomic E-state index is -0.338. The third-order valence-corrected chi connectivity index (χ3v) is 5.95. The number of aryl methyl sites for hydroxylation is 1. The van der Waals surface area contributed by atoms with E-state index in [1.54, 1.807) is 0 Å². The Balaban J connectivity index is 1.36. The van der Waals surface area contributed by atoms with Crippen LogP contribution in [0, 0.1) is 0 Å². The van der Waals surface area contributed by atoms with Gasteiger partial charge in [-0.15, -0.1) is 0 Å². The molecule has 3 N–H and O–H groups in total. The monoisotopic (exact) mass is 389 g/mol. The van der Waals surface area contributed by atoms with E-state index in [1.165, 1.54) is 24.8 Å². The van der Waals surface area contributed by atoms with Gasteiger partial charge in [0.1, 0.15) is 7.85 Å². The molecular weight excluding hydrogens is 361 g/mol. The van der Waals surface area contributed by atoms with Crippen molar-refractivity contribution in [2.45, 2.75) is 51.2 Å². The number of rotatable bonds is 4. The highest BCUT2D eigenvalue weighted by atomic mass is 16.3. The van der Waals surface area contributed by atoms with Gasteiger partial charge in [0.15, 0.2) is 0 Å². The van der Waals surface area contributed by atoms with Gasteiger partial charge in [-0.25, -0.2) is 4.79 Å². The number of hydrogen-bond acceptors (Lipinski definition) is 3. The maximum Gasteiger partial charge on any atom is 0.319 e. The average Bonchev–Trinajstić information content (AvgIpc) is 2.73. The van der Waals surface area contributed by atoms with E-state index in [1.807, 2.05) is 24.3 Å². The lowest BCUT2D eigenvalue weighted by Crippen LogP contribution is -2.33. The van der Waals surface area contributed by atoms with Crippen molar-refractivity contribution in [1.82, 2.24) is 5.32 Å². The molecule has 1 aliphatic carbocycles. The van der Waals surface area contributed by atoms with Crippen LogP contribution < -0.4 is 21.0 Å². The zero-order valence-electron chi connectivity index (χ0n) is 16.8. The maximum atomic E-state index is 12.4. The summed E-state index contributed by atoms with van der Waals surface area (Å²) in [6.07, 6.45) is 5.58. The van der Waals surface area contributed by atoms with Gasteiger partial charge < -0.3 is 20.6 Å². The van der Waals surface area contributed by atoms with Gasteiger partial charge in [-0.05, 0) is 60.9 Å². The van der Waals surface area contributed by atoms with Gasteiger partial charge in [0.2, 0.25) is 0 Å². The Morgan fingerprint density at radius 3 is 2.79 bits per heavy atom. The number of fused-ring (bicyclic) bond motifs is 1. The summed E-state index contributed by atoms with van der Waals surface area (Å²) in [5.74, 6) is 0. The van der Waals surface area contributed by atoms with E-state index in [4.69, 9.17) is 7.85 Å². The summed E-state index contributed by atoms with van der Waals surface area (Å²) in [5, 5.41) is 15.8. The summed E-state index contributed by atoms with van der Waals surface area (Å²) in [7, 11) is 6.28. The van der Waals surface area contributed by atoms with E-state index in [9.17, 15) is 9.90 Å². The molecule has 5 nitrogen and oxygen atoms in total. The highest BCUT2D eigenvalue weighted by molar-refractivity contribution is 6.36. The Morgan fingerprint density at radius 2 is 2.00 bits per heavy atom. The van der Waals surface area contributed by atoms with Crippen LogP contribution in [-0.2, 0) is 19.4 Å². The number of amides is 2. The second kappa shape index (κ2) is 8.91. The van der Waals surface area contributed by atoms with E-state index >= 15 is 0 Å². The normalized spacial score (nSPS) is 18.8. The van der Waals surface area contributed by atoms with Gasteiger partial charge in [0, 0.05) is 37.4 Å². The molecule has 150 valence electrons. The molecule has 1 heterocycles. The third kappa shape index (κ3) is 4.76. The van der Waals surface area contributed by atoms with Crippen molar-refractivity contribution in [3.8, 4) is 0 Å². The molecule has 0 saturated carbocycles. The molecule has 1 atom stereocenters. The number of aliphatic hydroxyl groups excluding tert-OH is 1. The van der Waals surface area contributed by atoms with Crippen LogP contribution in [0.5, 0.6) is 0 Å². The van der Waals surface area contributed by atoms with Crippen LogP contribution in [0.1, 0.15) is 42.4 Å². The lowest BCUT2D eigenvalue weighted by molar-refractivity contribution is 0.159. The van der Waals surface area contributed by atoms with Gasteiger partial charge in [0.25, 0.3) is 0 Å². The topological polar surface area (TPSA) is 64.6 Å². The minimum absolute atomic E-state index is 0.253. The largest absolute Gasteiger partial charge is 0.393 e. The number of hydrogen-bond donors (Lipinski definition) is 3. The van der Waals surface area contributed by atoms with Crippen molar-refractivity contribution in [1.29, 1.82) is 0 Å². The average molecular weight is 389 g/mol. The van der Waals surface area contributed by atoms with Gasteiger partial charge in [0.05, 0.1) is 6.10 Å². The van der Waals surface area contributed by atoms with Crippen molar-refractivity contribution in [3.05, 3.63) is 53.1 Å². The molecule has 0 spiro atoms. The predicted molar refractivity (Wildman–Crippen MR) is 118 cm³/mol. The van der Waals surface area contributed by atoms with Crippen molar-refractivity contribution < 1.29 is 9.90 Å². The fourth-order valence-corrected chi connectivity index (χ4v) is 4.37. The molecule has 6 heteroatoms. The molecule has 2 radical (unpaired) electrons. The maximum absolute atomic E-state index is 12.4. The van der Waals surface area contributed by atoms with Crippen molar-refractivity contribution in [2.75, 3.05) is 23.3 Å². The molecule has 1 unspecified atom stereocenters. The van der Waals surface area contributed by atoms with Crippen LogP contribution in [0.3, 0.4) is 0 Å². The third-order valence-electron chi connectivity index (χ3n) is 5.95. The highest BCUT2D eigenvalue weighted by Gasteiger charge is 2.20. The summed E-state index contributed by atoms with van der Waals surface area (Å²) >= 11 is 0. The van der Waals surface area contributed by atoms with Crippen molar-refractivity contribution in [3.63, 3.8) is 0 Å². The number of carbonyl (C=O) groups is 1. The first kappa shape index (κ1) is 19.8. The summed E-state index contributed by atoms with van der Waals surface area (Å²) < 4.78 is 0. The number of aliphatic hydroxyl groups is 1. The Bertz CT molecular complexity index is 880. The molecule has 1 aliphatic heterocycles. The second-order valence-electron chi connectivity index (χ2n) is 8.09. The molecule has 0 bridgehead atoms. The zero-order chi connectivity index (χ0) is 20.2. The molecule has 2 aromatic carbocycles. The Morgan fingerprint density at radius 1 is 1.17 bits per heavy atom. The molecule has 2 aliphatic rings. The number of anilines is 2. The smallest absolute Gasteiger partial charge is 0.319 e. The lowest BCUT2D eigenvalue weighted by Gasteiger charge is -2.30. The van der Waals surface area contributed by atoms with E-state index in [-0.39, 0.29) is 12.1 Å². The van der Waals surface area contributed by atoms with Crippen LogP contribution in [0.4, 0.5) is 16.2 Å². The number of piperidine rings is 1. The van der Waals surface area contributed by atoms with Crippen molar-refractivity contribution >= 4 is 30.7 Å². The number of benzene rings is 2. The predicted octanol–water partition coefficient (Wildman–Crippen LogP) is 2.64. The number of urea groups is 1. The molecule has 4 rings (SSSR count). The Labute approximate surface area is 173 Å². The summed E-state index contributed by atoms with van der Waals surface area (Å²) in [6, 6.07) is 11.7. The van der Waals surface area contributed by atoms with Gasteiger partial charge in [-0.3, -0.25) is 0 Å². The van der Waals surface area contributed by atoms with Crippen LogP contribution in [0.15, 0.2) is 36.4 Å². The Kier molecular flexibility index (Phi) is 6.09. The zero-order valence-corrected chi connectivity index (χ0v) is 16.8. The number of carbonyl (C=O) groups excluding carboxylic acids is 1. The Hall–Kier alpha value is -2.47. The van der Waals surface area contributed by atoms with E-state index < -0.39 is 0 Å². The first-order valence-electron chi connectivity index (χ1n) is 10.6. The first-order chi connectivity index (χ1) is 14.1. The minimum Gasteiger partial charge on any atom is -0.393 e. The van der Waals surface area contributed by atoms with Crippen LogP contribution in [0.25, 0.3) is 0 Å². The highest BCUT2D eigenvalue weighted by Crippen LogP contribution is 2.28. The summed E-state index contributed by atoms with van der Waals surface area (Å²) in [4.78, 5) is 14.8. The van der Waals surface area contributed by atoms with Gasteiger partial charge in [-0.1, -0.05) is 29.7 Å². The molecular formula is C23H28BN3O2. The molecule has 2 amide bonds. The van der Waals surface area contributed by atoms with E-state index in [0.717, 1.165) is 53.9 Å². The first-order valence-corrected chi connectivity index (χ1v) is 10.6. The van der Waals surface area contributed by atoms with E-state index in [2.05, 4.69) is 27.7 Å². The van der Waals surface area contributed by atoms with Gasteiger partial charge in [-0.2, -0.15) is 0 Å². The fourth-order valence-electron chi connectivity index (χ4n) is 4.37. The molecule has 2 aromatic rings. The second-order valence-corrected chi connectivity index (χ2v) is 8.09. The molecule has 1 saturated heterocycles. The fraction of sp³-hybridized carbons (Fsp3) is 0.435. The molecule has 1 fully saturated rings. The number of nitrogens with one attached hydrogen (secondary N) is 2. The van der Waals surface area contributed by atoms with Crippen LogP contribution >= 0.6 is 0 Å². The summed E-state index contributed by atoms with van der Waals surface area (Å²) in [6.45, 7) is 2.52. The van der Waals surface area contributed by atoms with Crippen LogP contribution in [-0.4, -0.2) is 38.2 Å². The lowest BCUT2D eigenvalue weighted by atomic mass is 9.88. The van der Waals surface area contributed by atoms with Gasteiger partial charge >= 0.3 is 6.03 Å². The summed E-state index contributed by atoms with van der Waals surface area (Å²) in [5.41, 5.74) is 5.85. The number of nitrogens with zero attached hydrogens (tertiary/aromatic N) is 1. The van der Waals surface area contributed by atoms with Crippen LogP contribution in [0.2, 0.25) is 0 Å². The molecule has 29 heavy (non-hydrogen) atoms.